The average molecular weight is 876 g/mol. The molecule has 2 heterocycles. The standard InChI is InChI=1S/C41H57Cl3O12Si/c1-11-57(12-2,13-3)56-26-20-40(48)33(52-34(46)25-17-15-14-16-18-25)31-38(10,32-30(54-37(8,9)55-32)29(23(26)4)36(40,6)7)27(51-35(47)50-22-41(42,43)44)19-28-39(31,21-49-28)53-24(5)45/h14-18,26-28,30-33,48H,11-13,19-22H2,1-10H3/t26?,27?,28?,30?,31?,32?,33?,38-,39?,40?/m1/s1. The number of alkyl halides is 3. The van der Waals surface area contributed by atoms with E-state index in [0.717, 1.165) is 29.3 Å². The van der Waals surface area contributed by atoms with Crippen LogP contribution in [0.3, 0.4) is 0 Å². The van der Waals surface area contributed by atoms with Gasteiger partial charge < -0.3 is 42.7 Å². The van der Waals surface area contributed by atoms with Crippen molar-refractivity contribution in [1.29, 1.82) is 0 Å². The first kappa shape index (κ1) is 44.6. The summed E-state index contributed by atoms with van der Waals surface area (Å²) < 4.78 is 50.0. The summed E-state index contributed by atoms with van der Waals surface area (Å²) in [5.41, 5.74) is -4.16. The van der Waals surface area contributed by atoms with E-state index < -0.39 is 107 Å². The molecule has 5 aliphatic rings. The van der Waals surface area contributed by atoms with Gasteiger partial charge in [0.25, 0.3) is 0 Å². The molecule has 2 bridgehead atoms. The van der Waals surface area contributed by atoms with Gasteiger partial charge in [-0.15, -0.1) is 0 Å². The normalized spacial score (nSPS) is 36.6. The molecule has 12 nitrogen and oxygen atoms in total. The van der Waals surface area contributed by atoms with E-state index >= 15 is 0 Å². The first-order chi connectivity index (χ1) is 26.4. The second-order valence-corrected chi connectivity index (χ2v) is 24.8. The molecule has 2 saturated heterocycles. The molecule has 0 radical (unpaired) electrons. The number of hydrogen-bond donors (Lipinski definition) is 1. The van der Waals surface area contributed by atoms with Crippen LogP contribution in [0.1, 0.15) is 92.4 Å². The van der Waals surface area contributed by atoms with Gasteiger partial charge in [-0.3, -0.25) is 4.79 Å². The fourth-order valence-corrected chi connectivity index (χ4v) is 13.7. The molecule has 0 amide bonds. The minimum Gasteiger partial charge on any atom is -0.455 e. The maximum atomic E-state index is 14.5. The highest BCUT2D eigenvalue weighted by Crippen LogP contribution is 2.68. The van der Waals surface area contributed by atoms with Crippen molar-refractivity contribution in [3.63, 3.8) is 0 Å². The molecule has 10 atom stereocenters. The highest BCUT2D eigenvalue weighted by atomic mass is 35.6. The summed E-state index contributed by atoms with van der Waals surface area (Å²) in [5.74, 6) is -3.66. The van der Waals surface area contributed by atoms with Crippen molar-refractivity contribution in [2.24, 2.45) is 16.7 Å². The van der Waals surface area contributed by atoms with Crippen LogP contribution in [0.25, 0.3) is 0 Å². The van der Waals surface area contributed by atoms with E-state index in [-0.39, 0.29) is 25.0 Å². The Balaban J connectivity index is 1.66. The van der Waals surface area contributed by atoms with Gasteiger partial charge in [-0.25, -0.2) is 9.59 Å². The predicted molar refractivity (Wildman–Crippen MR) is 215 cm³/mol. The van der Waals surface area contributed by atoms with Crippen LogP contribution >= 0.6 is 34.8 Å². The van der Waals surface area contributed by atoms with Gasteiger partial charge in [-0.05, 0) is 62.2 Å². The molecule has 0 spiro atoms. The number of ether oxygens (including phenoxy) is 7. The van der Waals surface area contributed by atoms with Crippen molar-refractivity contribution in [3.05, 3.63) is 47.0 Å². The molecule has 4 fully saturated rings. The van der Waals surface area contributed by atoms with E-state index in [2.05, 4.69) is 20.8 Å². The van der Waals surface area contributed by atoms with Crippen LogP contribution in [0.4, 0.5) is 4.79 Å². The highest BCUT2D eigenvalue weighted by Gasteiger charge is 2.80. The quantitative estimate of drug-likeness (QED) is 0.0795. The zero-order valence-electron chi connectivity index (χ0n) is 34.4. The SMILES string of the molecule is CC[Si](CC)(CC)OC1CC2(O)C(OC(=O)c3ccccc3)C3C4(OC(C)=O)COC4CC(OC(=O)OCC(Cl)(Cl)Cl)[C@@]3(C)C3OC(C)(C)OC3C(=C1C)C2(C)C. The van der Waals surface area contributed by atoms with Gasteiger partial charge in [0, 0.05) is 30.6 Å². The van der Waals surface area contributed by atoms with E-state index in [1.54, 1.807) is 44.2 Å². The largest absolute Gasteiger partial charge is 0.508 e. The summed E-state index contributed by atoms with van der Waals surface area (Å²) in [6.07, 6.45) is -6.91. The molecule has 2 saturated carbocycles. The molecule has 9 unspecified atom stereocenters. The van der Waals surface area contributed by atoms with Crippen LogP contribution in [0.5, 0.6) is 0 Å². The summed E-state index contributed by atoms with van der Waals surface area (Å²) in [5, 5.41) is 14.0. The molecule has 318 valence electrons. The lowest BCUT2D eigenvalue weighted by Crippen LogP contribution is -2.82. The third-order valence-electron chi connectivity index (χ3n) is 13.8. The lowest BCUT2D eigenvalue weighted by molar-refractivity contribution is -0.362. The molecule has 57 heavy (non-hydrogen) atoms. The van der Waals surface area contributed by atoms with Crippen LogP contribution in [0, 0.1) is 16.7 Å². The Morgan fingerprint density at radius 1 is 0.965 bits per heavy atom. The Labute approximate surface area is 351 Å². The smallest absolute Gasteiger partial charge is 0.455 e. The van der Waals surface area contributed by atoms with Crippen molar-refractivity contribution in [2.45, 2.75) is 158 Å². The lowest BCUT2D eigenvalue weighted by Gasteiger charge is -2.69. The number of hydrogen-bond acceptors (Lipinski definition) is 12. The topological polar surface area (TPSA) is 145 Å². The summed E-state index contributed by atoms with van der Waals surface area (Å²) >= 11 is 17.8. The molecule has 1 aromatic rings. The predicted octanol–water partition coefficient (Wildman–Crippen LogP) is 8.23. The highest BCUT2D eigenvalue weighted by molar-refractivity contribution is 6.73. The molecule has 0 aromatic heterocycles. The second kappa shape index (κ2) is 15.5. The van der Waals surface area contributed by atoms with Gasteiger partial charge in [0.2, 0.25) is 3.79 Å². The van der Waals surface area contributed by atoms with Crippen LogP contribution in [-0.2, 0) is 42.4 Å². The van der Waals surface area contributed by atoms with E-state index in [0.29, 0.717) is 0 Å². The van der Waals surface area contributed by atoms with Crippen LogP contribution < -0.4 is 0 Å². The Bertz CT molecular complexity index is 1740. The van der Waals surface area contributed by atoms with Gasteiger partial charge in [0.15, 0.2) is 19.7 Å². The van der Waals surface area contributed by atoms with Gasteiger partial charge in [0.05, 0.1) is 24.2 Å². The van der Waals surface area contributed by atoms with Gasteiger partial charge in [0.1, 0.15) is 42.7 Å². The van der Waals surface area contributed by atoms with Gasteiger partial charge in [-0.1, -0.05) is 94.5 Å². The average Bonchev–Trinajstić information content (AvgIpc) is 3.45. The zero-order chi connectivity index (χ0) is 42.1. The second-order valence-electron chi connectivity index (χ2n) is 17.6. The third-order valence-corrected chi connectivity index (χ3v) is 18.8. The molecule has 6 rings (SSSR count). The third kappa shape index (κ3) is 7.58. The molecular weight excluding hydrogens is 819 g/mol. The number of fused-ring (bicyclic) bond motifs is 8. The maximum absolute atomic E-state index is 14.5. The minimum atomic E-state index is -2.34. The molecule has 2 aliphatic heterocycles. The van der Waals surface area contributed by atoms with Crippen molar-refractivity contribution in [2.75, 3.05) is 13.2 Å². The van der Waals surface area contributed by atoms with Crippen LogP contribution in [-0.4, -0.2) is 102 Å². The minimum absolute atomic E-state index is 0.0126. The number of esters is 2. The monoisotopic (exact) mass is 874 g/mol. The van der Waals surface area contributed by atoms with Crippen molar-refractivity contribution >= 4 is 61.2 Å². The maximum Gasteiger partial charge on any atom is 0.508 e. The number of carbonyl (C=O) groups excluding carboxylic acids is 3. The van der Waals surface area contributed by atoms with Crippen LogP contribution in [0.2, 0.25) is 18.1 Å². The number of benzene rings is 1. The van der Waals surface area contributed by atoms with Crippen LogP contribution in [0.15, 0.2) is 41.5 Å². The Hall–Kier alpha value is -1.94. The molecule has 1 N–H and O–H groups in total. The first-order valence-corrected chi connectivity index (χ1v) is 23.5. The summed E-state index contributed by atoms with van der Waals surface area (Å²) in [6.45, 7) is 18.3. The van der Waals surface area contributed by atoms with Crippen molar-refractivity contribution < 1.29 is 57.1 Å². The summed E-state index contributed by atoms with van der Waals surface area (Å²) in [7, 11) is -2.34. The van der Waals surface area contributed by atoms with Gasteiger partial charge >= 0.3 is 18.1 Å². The van der Waals surface area contributed by atoms with Crippen molar-refractivity contribution in [3.8, 4) is 0 Å². The zero-order valence-corrected chi connectivity index (χ0v) is 37.7. The fraction of sp³-hybridized carbons (Fsp3) is 0.732. The number of aliphatic hydroxyl groups is 1. The van der Waals surface area contributed by atoms with E-state index in [9.17, 15) is 19.5 Å². The Kier molecular flexibility index (Phi) is 12.1. The summed E-state index contributed by atoms with van der Waals surface area (Å²) in [6, 6.07) is 11.0. The molecular formula is C41H57Cl3O12Si. The van der Waals surface area contributed by atoms with E-state index in [1.165, 1.54) is 6.92 Å². The number of carbonyl (C=O) groups is 3. The van der Waals surface area contributed by atoms with E-state index in [4.69, 9.17) is 72.4 Å². The Morgan fingerprint density at radius 2 is 1.60 bits per heavy atom. The van der Waals surface area contributed by atoms with Gasteiger partial charge in [-0.2, -0.15) is 0 Å². The molecule has 16 heteroatoms. The fourth-order valence-electron chi connectivity index (χ4n) is 10.6. The van der Waals surface area contributed by atoms with Crippen molar-refractivity contribution in [1.82, 2.24) is 0 Å². The Morgan fingerprint density at radius 3 is 2.14 bits per heavy atom. The number of halogens is 3. The molecule has 1 aromatic carbocycles. The lowest BCUT2D eigenvalue weighted by atomic mass is 9.44. The molecule has 3 aliphatic carbocycles. The number of rotatable bonds is 10. The first-order valence-electron chi connectivity index (χ1n) is 19.9. The van der Waals surface area contributed by atoms with E-state index in [1.807, 2.05) is 27.7 Å². The summed E-state index contributed by atoms with van der Waals surface area (Å²) in [4.78, 5) is 41.3.